The number of methoxy groups -OCH3 is 1. The van der Waals surface area contributed by atoms with E-state index in [1.165, 1.54) is 0 Å². The number of anilines is 1. The lowest BCUT2D eigenvalue weighted by atomic mass is 10.0. The standard InChI is InChI=1S/C25H22N2O2/c1-16-11-17(2)13-19(12-16)26-25(28)22-15-24(18-7-6-8-20(14-18)29-3)27-23-10-5-4-9-21(22)23/h4-15H,1-3H3,(H,26,28). The van der Waals surface area contributed by atoms with Crippen LogP contribution < -0.4 is 10.1 Å². The highest BCUT2D eigenvalue weighted by Crippen LogP contribution is 2.28. The number of benzene rings is 3. The van der Waals surface area contributed by atoms with E-state index < -0.39 is 0 Å². The molecule has 4 heteroatoms. The number of aryl methyl sites for hydroxylation is 2. The number of nitrogens with one attached hydrogen (secondary N) is 1. The quantitative estimate of drug-likeness (QED) is 0.487. The Kier molecular flexibility index (Phi) is 5.00. The van der Waals surface area contributed by atoms with Crippen molar-refractivity contribution in [3.8, 4) is 17.0 Å². The fourth-order valence-corrected chi connectivity index (χ4v) is 3.54. The minimum atomic E-state index is -0.155. The maximum atomic E-state index is 13.2. The molecule has 0 fully saturated rings. The fourth-order valence-electron chi connectivity index (χ4n) is 3.54. The second kappa shape index (κ2) is 7.76. The van der Waals surface area contributed by atoms with Gasteiger partial charge in [0, 0.05) is 16.6 Å². The SMILES string of the molecule is COc1cccc(-c2cc(C(=O)Nc3cc(C)cc(C)c3)c3ccccc3n2)c1. The predicted octanol–water partition coefficient (Wildman–Crippen LogP) is 5.78. The largest absolute Gasteiger partial charge is 0.497 e. The van der Waals surface area contributed by atoms with Gasteiger partial charge in [0.05, 0.1) is 23.9 Å². The van der Waals surface area contributed by atoms with Crippen LogP contribution in [-0.2, 0) is 0 Å². The van der Waals surface area contributed by atoms with Gasteiger partial charge in [-0.25, -0.2) is 4.98 Å². The number of aromatic nitrogens is 1. The van der Waals surface area contributed by atoms with E-state index in [1.54, 1.807) is 7.11 Å². The van der Waals surface area contributed by atoms with Gasteiger partial charge in [0.25, 0.3) is 5.91 Å². The molecule has 1 amide bonds. The van der Waals surface area contributed by atoms with Gasteiger partial charge in [-0.3, -0.25) is 4.79 Å². The lowest BCUT2D eigenvalue weighted by Gasteiger charge is -2.12. The number of carbonyl (C=O) groups excluding carboxylic acids is 1. The lowest BCUT2D eigenvalue weighted by Crippen LogP contribution is -2.13. The summed E-state index contributed by atoms with van der Waals surface area (Å²) < 4.78 is 5.34. The molecule has 1 heterocycles. The Bertz CT molecular complexity index is 1190. The molecule has 0 radical (unpaired) electrons. The van der Waals surface area contributed by atoms with E-state index in [-0.39, 0.29) is 5.91 Å². The maximum absolute atomic E-state index is 13.2. The van der Waals surface area contributed by atoms with Crippen LogP contribution in [0.4, 0.5) is 5.69 Å². The van der Waals surface area contributed by atoms with Crippen LogP contribution in [0.3, 0.4) is 0 Å². The van der Waals surface area contributed by atoms with Crippen LogP contribution in [0, 0.1) is 13.8 Å². The molecule has 4 nitrogen and oxygen atoms in total. The van der Waals surface area contributed by atoms with E-state index in [0.29, 0.717) is 5.56 Å². The van der Waals surface area contributed by atoms with Crippen LogP contribution >= 0.6 is 0 Å². The van der Waals surface area contributed by atoms with Crippen molar-refractivity contribution < 1.29 is 9.53 Å². The summed E-state index contributed by atoms with van der Waals surface area (Å²) >= 11 is 0. The van der Waals surface area contributed by atoms with E-state index in [1.807, 2.05) is 80.6 Å². The summed E-state index contributed by atoms with van der Waals surface area (Å²) in [5.41, 5.74) is 6.00. The first-order chi connectivity index (χ1) is 14.0. The molecule has 1 aromatic heterocycles. The van der Waals surface area contributed by atoms with Crippen molar-refractivity contribution in [1.29, 1.82) is 0 Å². The Morgan fingerprint density at radius 3 is 2.41 bits per heavy atom. The average Bonchev–Trinajstić information content (AvgIpc) is 2.72. The summed E-state index contributed by atoms with van der Waals surface area (Å²) in [6.45, 7) is 4.04. The molecular weight excluding hydrogens is 360 g/mol. The van der Waals surface area contributed by atoms with Crippen molar-refractivity contribution >= 4 is 22.5 Å². The Morgan fingerprint density at radius 1 is 0.897 bits per heavy atom. The number of fused-ring (bicyclic) bond motifs is 1. The lowest BCUT2D eigenvalue weighted by molar-refractivity contribution is 0.102. The van der Waals surface area contributed by atoms with Crippen molar-refractivity contribution in [2.45, 2.75) is 13.8 Å². The number of amides is 1. The molecule has 4 rings (SSSR count). The highest BCUT2D eigenvalue weighted by Gasteiger charge is 2.15. The highest BCUT2D eigenvalue weighted by molar-refractivity contribution is 6.13. The summed E-state index contributed by atoms with van der Waals surface area (Å²) in [4.78, 5) is 18.0. The Labute approximate surface area is 170 Å². The minimum Gasteiger partial charge on any atom is -0.497 e. The topological polar surface area (TPSA) is 51.2 Å². The van der Waals surface area contributed by atoms with E-state index in [9.17, 15) is 4.79 Å². The van der Waals surface area contributed by atoms with Gasteiger partial charge in [0.15, 0.2) is 0 Å². The van der Waals surface area contributed by atoms with Crippen molar-refractivity contribution in [3.05, 3.63) is 89.5 Å². The summed E-state index contributed by atoms with van der Waals surface area (Å²) in [7, 11) is 1.63. The van der Waals surface area contributed by atoms with Crippen LogP contribution in [0.15, 0.2) is 72.8 Å². The molecule has 144 valence electrons. The zero-order valence-electron chi connectivity index (χ0n) is 16.7. The highest BCUT2D eigenvalue weighted by atomic mass is 16.5. The first-order valence-electron chi connectivity index (χ1n) is 9.47. The first kappa shape index (κ1) is 18.7. The van der Waals surface area contributed by atoms with Crippen molar-refractivity contribution in [2.75, 3.05) is 12.4 Å². The molecule has 29 heavy (non-hydrogen) atoms. The fraction of sp³-hybridized carbons (Fsp3) is 0.120. The van der Waals surface area contributed by atoms with Gasteiger partial charge in [-0.1, -0.05) is 36.4 Å². The van der Waals surface area contributed by atoms with Crippen LogP contribution in [0.2, 0.25) is 0 Å². The van der Waals surface area contributed by atoms with Crippen molar-refractivity contribution in [1.82, 2.24) is 4.98 Å². The van der Waals surface area contributed by atoms with Crippen LogP contribution in [0.25, 0.3) is 22.2 Å². The zero-order valence-corrected chi connectivity index (χ0v) is 16.7. The first-order valence-corrected chi connectivity index (χ1v) is 9.47. The number of rotatable bonds is 4. The van der Waals surface area contributed by atoms with Gasteiger partial charge in [-0.05, 0) is 61.4 Å². The van der Waals surface area contributed by atoms with Crippen molar-refractivity contribution in [3.63, 3.8) is 0 Å². The van der Waals surface area contributed by atoms with Gasteiger partial charge in [-0.2, -0.15) is 0 Å². The van der Waals surface area contributed by atoms with Crippen LogP contribution in [-0.4, -0.2) is 18.0 Å². The summed E-state index contributed by atoms with van der Waals surface area (Å²) in [6.07, 6.45) is 0. The van der Waals surface area contributed by atoms with E-state index in [4.69, 9.17) is 9.72 Å². The maximum Gasteiger partial charge on any atom is 0.256 e. The number of para-hydroxylation sites is 1. The Hall–Kier alpha value is -3.66. The van der Waals surface area contributed by atoms with Gasteiger partial charge in [0.1, 0.15) is 5.75 Å². The molecule has 0 unspecified atom stereocenters. The summed E-state index contributed by atoms with van der Waals surface area (Å²) in [5.74, 6) is 0.594. The third-order valence-electron chi connectivity index (χ3n) is 4.81. The van der Waals surface area contributed by atoms with E-state index in [2.05, 4.69) is 11.4 Å². The third-order valence-corrected chi connectivity index (χ3v) is 4.81. The number of carbonyl (C=O) groups is 1. The number of pyridine rings is 1. The zero-order chi connectivity index (χ0) is 20.4. The average molecular weight is 382 g/mol. The molecule has 0 aliphatic rings. The normalized spacial score (nSPS) is 10.7. The van der Waals surface area contributed by atoms with Crippen LogP contribution in [0.1, 0.15) is 21.5 Å². The Balaban J connectivity index is 1.81. The summed E-state index contributed by atoms with van der Waals surface area (Å²) in [6, 6.07) is 23.2. The molecule has 1 N–H and O–H groups in total. The molecule has 3 aromatic carbocycles. The van der Waals surface area contributed by atoms with Crippen LogP contribution in [0.5, 0.6) is 5.75 Å². The van der Waals surface area contributed by atoms with Crippen molar-refractivity contribution in [2.24, 2.45) is 0 Å². The Morgan fingerprint density at radius 2 is 1.66 bits per heavy atom. The molecule has 4 aromatic rings. The second-order valence-corrected chi connectivity index (χ2v) is 7.13. The van der Waals surface area contributed by atoms with Gasteiger partial charge < -0.3 is 10.1 Å². The molecule has 0 aliphatic heterocycles. The van der Waals surface area contributed by atoms with Gasteiger partial charge in [-0.15, -0.1) is 0 Å². The van der Waals surface area contributed by atoms with Gasteiger partial charge in [0.2, 0.25) is 0 Å². The number of hydrogen-bond acceptors (Lipinski definition) is 3. The predicted molar refractivity (Wildman–Crippen MR) is 118 cm³/mol. The third kappa shape index (κ3) is 3.97. The van der Waals surface area contributed by atoms with E-state index >= 15 is 0 Å². The molecule has 0 spiro atoms. The molecule has 0 atom stereocenters. The molecule has 0 bridgehead atoms. The number of hydrogen-bond donors (Lipinski definition) is 1. The number of ether oxygens (including phenoxy) is 1. The minimum absolute atomic E-state index is 0.155. The molecule has 0 aliphatic carbocycles. The molecule has 0 saturated carbocycles. The molecule has 0 saturated heterocycles. The monoisotopic (exact) mass is 382 g/mol. The smallest absolute Gasteiger partial charge is 0.256 e. The summed E-state index contributed by atoms with van der Waals surface area (Å²) in [5, 5.41) is 3.86. The van der Waals surface area contributed by atoms with Gasteiger partial charge >= 0.3 is 0 Å². The van der Waals surface area contributed by atoms with E-state index in [0.717, 1.165) is 44.7 Å². The second-order valence-electron chi connectivity index (χ2n) is 7.13. The molecular formula is C25H22N2O2. The number of nitrogens with zero attached hydrogens (tertiary/aromatic N) is 1.